The second-order valence-corrected chi connectivity index (χ2v) is 24.5. The van der Waals surface area contributed by atoms with Crippen LogP contribution >= 0.6 is 7.82 Å². The first-order valence-corrected chi connectivity index (χ1v) is 34.8. The number of nitrogens with zero attached hydrogens (tertiary/aromatic N) is 1. The minimum Gasteiger partial charge on any atom is -0.462 e. The fraction of sp³-hybridized carbons (Fsp3) is 0.694. The quantitative estimate of drug-likeness (QED) is 0.0211. The number of unbranched alkanes of at least 4 members (excludes halogenated alkanes) is 26. The van der Waals surface area contributed by atoms with Crippen molar-refractivity contribution in [1.29, 1.82) is 0 Å². The number of carbonyl (C=O) groups is 2. The number of hydrogen-bond donors (Lipinski definition) is 1. The van der Waals surface area contributed by atoms with Gasteiger partial charge in [0.1, 0.15) is 19.8 Å². The Bertz CT molecular complexity index is 1800. The van der Waals surface area contributed by atoms with Gasteiger partial charge in [-0.15, -0.1) is 0 Å². The van der Waals surface area contributed by atoms with Gasteiger partial charge in [0.05, 0.1) is 27.7 Å². The summed E-state index contributed by atoms with van der Waals surface area (Å²) in [5.41, 5.74) is 0. The fourth-order valence-corrected chi connectivity index (χ4v) is 9.69. The van der Waals surface area contributed by atoms with Gasteiger partial charge in [0.2, 0.25) is 0 Å². The molecule has 470 valence electrons. The van der Waals surface area contributed by atoms with E-state index in [9.17, 15) is 19.0 Å². The third-order valence-electron chi connectivity index (χ3n) is 14.0. The zero-order valence-corrected chi connectivity index (χ0v) is 54.3. The third kappa shape index (κ3) is 65.6. The first-order chi connectivity index (χ1) is 40.0. The zero-order valence-electron chi connectivity index (χ0n) is 53.4. The molecule has 82 heavy (non-hydrogen) atoms. The molecule has 0 amide bonds. The van der Waals surface area contributed by atoms with Crippen LogP contribution in [-0.2, 0) is 32.7 Å². The Morgan fingerprint density at radius 1 is 0.378 bits per heavy atom. The van der Waals surface area contributed by atoms with Crippen LogP contribution in [0.2, 0.25) is 0 Å². The number of likely N-dealkylation sites (N-methyl/N-ethyl adjacent to an activating group) is 1. The van der Waals surface area contributed by atoms with E-state index in [-0.39, 0.29) is 32.0 Å². The van der Waals surface area contributed by atoms with E-state index in [1.807, 2.05) is 21.1 Å². The lowest BCUT2D eigenvalue weighted by atomic mass is 10.0. The minimum absolute atomic E-state index is 0.0238. The maximum Gasteiger partial charge on any atom is 0.472 e. The Morgan fingerprint density at radius 3 is 0.976 bits per heavy atom. The predicted molar refractivity (Wildman–Crippen MR) is 353 cm³/mol. The van der Waals surface area contributed by atoms with E-state index in [4.69, 9.17) is 18.5 Å². The molecule has 10 heteroatoms. The van der Waals surface area contributed by atoms with Gasteiger partial charge in [0, 0.05) is 12.8 Å². The van der Waals surface area contributed by atoms with Crippen molar-refractivity contribution >= 4 is 19.8 Å². The van der Waals surface area contributed by atoms with Crippen molar-refractivity contribution in [3.8, 4) is 0 Å². The van der Waals surface area contributed by atoms with Gasteiger partial charge in [-0.3, -0.25) is 18.6 Å². The molecule has 0 aromatic carbocycles. The summed E-state index contributed by atoms with van der Waals surface area (Å²) in [5, 5.41) is 0. The maximum atomic E-state index is 12.9. The normalized spacial score (nSPS) is 14.0. The standard InChI is InChI=1S/C72H124NO8P/c1-6-8-10-12-14-16-18-20-22-24-26-28-30-32-33-34-35-36-37-38-39-41-42-44-46-48-50-52-54-56-58-60-62-64-71(74)78-68-70(69-80-82(76,77)79-67-66-73(3,4)5)81-72(75)65-63-61-59-57-55-53-51-49-47-45-43-40-31-29-27-25-23-21-19-17-15-13-11-9-7-2/h8-11,14-17,20-23,26-29,40,43,47,49,70H,6-7,12-13,18-19,24-25,30-39,41-42,44-46,48,50-69H2,1-5H3/p+1/b10-8-,11-9-,16-14-,17-15-,22-20-,23-21-,28-26-,29-27-,43-40-,49-47-. The molecule has 0 rings (SSSR count). The number of allylic oxidation sites excluding steroid dienone is 20. The molecule has 0 spiro atoms. The number of esters is 2. The van der Waals surface area contributed by atoms with Gasteiger partial charge >= 0.3 is 19.8 Å². The van der Waals surface area contributed by atoms with Crippen molar-refractivity contribution in [2.75, 3.05) is 47.5 Å². The summed E-state index contributed by atoms with van der Waals surface area (Å²) < 4.78 is 34.7. The van der Waals surface area contributed by atoms with E-state index in [2.05, 4.69) is 135 Å². The molecule has 0 aromatic heterocycles. The Balaban J connectivity index is 4.08. The van der Waals surface area contributed by atoms with Gasteiger partial charge in [-0.2, -0.15) is 0 Å². The molecular formula is C72H125NO8P+. The van der Waals surface area contributed by atoms with Crippen LogP contribution in [-0.4, -0.2) is 74.9 Å². The van der Waals surface area contributed by atoms with Gasteiger partial charge in [0.25, 0.3) is 0 Å². The molecule has 0 fully saturated rings. The summed E-state index contributed by atoms with van der Waals surface area (Å²) in [4.78, 5) is 35.8. The molecule has 1 N–H and O–H groups in total. The molecular weight excluding hydrogens is 1040 g/mol. The van der Waals surface area contributed by atoms with E-state index >= 15 is 0 Å². The number of phosphoric ester groups is 1. The van der Waals surface area contributed by atoms with E-state index in [0.29, 0.717) is 17.4 Å². The number of ether oxygens (including phenoxy) is 2. The van der Waals surface area contributed by atoms with Crippen LogP contribution in [0.1, 0.15) is 271 Å². The van der Waals surface area contributed by atoms with Gasteiger partial charge in [0.15, 0.2) is 6.10 Å². The van der Waals surface area contributed by atoms with Crippen LogP contribution in [0.5, 0.6) is 0 Å². The highest BCUT2D eigenvalue weighted by Gasteiger charge is 2.27. The summed E-state index contributed by atoms with van der Waals surface area (Å²) in [6.07, 6.45) is 88.6. The van der Waals surface area contributed by atoms with Crippen LogP contribution in [0.15, 0.2) is 122 Å². The van der Waals surface area contributed by atoms with E-state index in [1.54, 1.807) is 0 Å². The van der Waals surface area contributed by atoms with Crippen molar-refractivity contribution in [1.82, 2.24) is 0 Å². The molecule has 0 aliphatic rings. The Hall–Kier alpha value is -3.59. The van der Waals surface area contributed by atoms with Crippen molar-refractivity contribution in [3.63, 3.8) is 0 Å². The van der Waals surface area contributed by atoms with E-state index < -0.39 is 26.5 Å². The van der Waals surface area contributed by atoms with Gasteiger partial charge in [-0.05, 0) is 103 Å². The lowest BCUT2D eigenvalue weighted by Crippen LogP contribution is -2.37. The predicted octanol–water partition coefficient (Wildman–Crippen LogP) is 21.5. The van der Waals surface area contributed by atoms with Crippen LogP contribution < -0.4 is 0 Å². The highest BCUT2D eigenvalue weighted by Crippen LogP contribution is 2.43. The van der Waals surface area contributed by atoms with Gasteiger partial charge in [-0.1, -0.05) is 277 Å². The molecule has 0 radical (unpaired) electrons. The van der Waals surface area contributed by atoms with Gasteiger partial charge < -0.3 is 18.9 Å². The summed E-state index contributed by atoms with van der Waals surface area (Å²) >= 11 is 0. The molecule has 0 aliphatic heterocycles. The highest BCUT2D eigenvalue weighted by molar-refractivity contribution is 7.47. The molecule has 2 atom stereocenters. The number of rotatable bonds is 60. The molecule has 0 bridgehead atoms. The zero-order chi connectivity index (χ0) is 59.8. The number of phosphoric acid groups is 1. The summed E-state index contributed by atoms with van der Waals surface area (Å²) in [5.74, 6) is -0.813. The van der Waals surface area contributed by atoms with Crippen molar-refractivity contribution in [2.45, 2.75) is 277 Å². The van der Waals surface area contributed by atoms with Crippen molar-refractivity contribution < 1.29 is 42.1 Å². The van der Waals surface area contributed by atoms with Crippen molar-refractivity contribution in [2.24, 2.45) is 0 Å². The number of hydrogen-bond acceptors (Lipinski definition) is 7. The Kier molecular flexibility index (Phi) is 59.2. The highest BCUT2D eigenvalue weighted by atomic mass is 31.2. The second-order valence-electron chi connectivity index (χ2n) is 23.1. The fourth-order valence-electron chi connectivity index (χ4n) is 8.95. The summed E-state index contributed by atoms with van der Waals surface area (Å²) in [7, 11) is 1.46. The first kappa shape index (κ1) is 78.4. The van der Waals surface area contributed by atoms with Crippen LogP contribution in [0.4, 0.5) is 0 Å². The molecule has 0 saturated carbocycles. The van der Waals surface area contributed by atoms with Crippen molar-refractivity contribution in [3.05, 3.63) is 122 Å². The number of quaternary nitrogens is 1. The average Bonchev–Trinajstić information content (AvgIpc) is 3.46. The second kappa shape index (κ2) is 62.0. The van der Waals surface area contributed by atoms with Crippen LogP contribution in [0.3, 0.4) is 0 Å². The lowest BCUT2D eigenvalue weighted by Gasteiger charge is -2.24. The molecule has 2 unspecified atom stereocenters. The van der Waals surface area contributed by atoms with Crippen LogP contribution in [0, 0.1) is 0 Å². The SMILES string of the molecule is CC/C=C\C/C=C\C/C=C\C/C=C\C/C=C\C/C=C\CCCCCCCCC(=O)OC(COC(=O)CCCCCCCCCCCCCCCCCCCCCC/C=C\C/C=C\C/C=C\C/C=C\CC)COP(=O)(O)OCC[N+](C)(C)C. The smallest absolute Gasteiger partial charge is 0.462 e. The number of carbonyl (C=O) groups excluding carboxylic acids is 2. The minimum atomic E-state index is -4.40. The lowest BCUT2D eigenvalue weighted by molar-refractivity contribution is -0.870. The third-order valence-corrected chi connectivity index (χ3v) is 15.0. The molecule has 0 aromatic rings. The molecule has 0 saturated heterocycles. The topological polar surface area (TPSA) is 108 Å². The Morgan fingerprint density at radius 2 is 0.659 bits per heavy atom. The summed E-state index contributed by atoms with van der Waals surface area (Å²) in [6, 6.07) is 0. The molecule has 9 nitrogen and oxygen atoms in total. The van der Waals surface area contributed by atoms with E-state index in [0.717, 1.165) is 122 Å². The maximum absolute atomic E-state index is 12.9. The Labute approximate surface area is 505 Å². The van der Waals surface area contributed by atoms with Crippen LogP contribution in [0.25, 0.3) is 0 Å². The molecule has 0 aliphatic carbocycles. The van der Waals surface area contributed by atoms with Gasteiger partial charge in [-0.25, -0.2) is 4.57 Å². The first-order valence-electron chi connectivity index (χ1n) is 33.3. The van der Waals surface area contributed by atoms with E-state index in [1.165, 1.54) is 116 Å². The monoisotopic (exact) mass is 1160 g/mol. The molecule has 0 heterocycles. The average molecular weight is 1160 g/mol. The largest absolute Gasteiger partial charge is 0.472 e. The summed E-state index contributed by atoms with van der Waals surface area (Å²) in [6.45, 7) is 4.20.